The highest BCUT2D eigenvalue weighted by molar-refractivity contribution is 8.10. The Kier molecular flexibility index (Phi) is 7.26. The van der Waals surface area contributed by atoms with Crippen LogP contribution >= 0.6 is 11.8 Å². The number of ether oxygens (including phenoxy) is 1. The molecule has 0 spiro atoms. The zero-order valence-corrected chi connectivity index (χ0v) is 16.6. The number of hydrogen-bond acceptors (Lipinski definition) is 4. The second-order valence-corrected chi connectivity index (χ2v) is 8.73. The highest BCUT2D eigenvalue weighted by atomic mass is 32.2. The van der Waals surface area contributed by atoms with Crippen molar-refractivity contribution in [3.8, 4) is 0 Å². The van der Waals surface area contributed by atoms with Gasteiger partial charge in [-0.1, -0.05) is 60.2 Å². The number of rotatable bonds is 7. The SMILES string of the molecule is COC(=O)C(c1ccc(C)cc1)C(c1ccccc1)C(SC)S(C)=O. The van der Waals surface area contributed by atoms with Crippen LogP contribution in [0.15, 0.2) is 54.6 Å². The first-order chi connectivity index (χ1) is 12.0. The summed E-state index contributed by atoms with van der Waals surface area (Å²) in [4.78, 5) is 12.7. The van der Waals surface area contributed by atoms with Crippen LogP contribution in [0.1, 0.15) is 28.5 Å². The van der Waals surface area contributed by atoms with E-state index in [0.717, 1.165) is 16.7 Å². The summed E-state index contributed by atoms with van der Waals surface area (Å²) in [6.07, 6.45) is 3.63. The van der Waals surface area contributed by atoms with Gasteiger partial charge in [-0.05, 0) is 24.3 Å². The third-order valence-corrected chi connectivity index (χ3v) is 7.38. The van der Waals surface area contributed by atoms with Crippen LogP contribution in [0.3, 0.4) is 0 Å². The number of hydrogen-bond donors (Lipinski definition) is 0. The average molecular weight is 377 g/mol. The van der Waals surface area contributed by atoms with E-state index < -0.39 is 16.7 Å². The highest BCUT2D eigenvalue weighted by Gasteiger charge is 2.38. The first-order valence-corrected chi connectivity index (χ1v) is 10.9. The average Bonchev–Trinajstić information content (AvgIpc) is 2.63. The van der Waals surface area contributed by atoms with Crippen molar-refractivity contribution in [3.05, 3.63) is 71.3 Å². The molecule has 3 nitrogen and oxygen atoms in total. The van der Waals surface area contributed by atoms with Crippen LogP contribution < -0.4 is 0 Å². The number of aryl methyl sites for hydroxylation is 1. The predicted octanol–water partition coefficient (Wildman–Crippen LogP) is 4.10. The number of esters is 1. The molecule has 0 aliphatic rings. The Balaban J connectivity index is 2.62. The lowest BCUT2D eigenvalue weighted by Gasteiger charge is -2.31. The van der Waals surface area contributed by atoms with E-state index in [1.54, 1.807) is 6.26 Å². The minimum absolute atomic E-state index is 0.215. The topological polar surface area (TPSA) is 43.4 Å². The Labute approximate surface area is 156 Å². The minimum atomic E-state index is -1.10. The van der Waals surface area contributed by atoms with Crippen LogP contribution in [0.4, 0.5) is 0 Å². The van der Waals surface area contributed by atoms with E-state index in [1.165, 1.54) is 18.9 Å². The van der Waals surface area contributed by atoms with E-state index in [-0.39, 0.29) is 16.5 Å². The molecule has 0 aliphatic carbocycles. The van der Waals surface area contributed by atoms with Crippen molar-refractivity contribution < 1.29 is 13.7 Å². The van der Waals surface area contributed by atoms with Gasteiger partial charge in [0.15, 0.2) is 0 Å². The molecule has 0 aliphatic heterocycles. The summed E-state index contributed by atoms with van der Waals surface area (Å²) in [7, 11) is 0.309. The summed E-state index contributed by atoms with van der Waals surface area (Å²) in [6, 6.07) is 17.7. The fraction of sp³-hybridized carbons (Fsp3) is 0.350. The summed E-state index contributed by atoms with van der Waals surface area (Å²) in [5, 5.41) is 0. The first-order valence-electron chi connectivity index (χ1n) is 8.04. The van der Waals surface area contributed by atoms with Gasteiger partial charge in [-0.25, -0.2) is 0 Å². The molecule has 4 atom stereocenters. The van der Waals surface area contributed by atoms with Crippen molar-refractivity contribution in [3.63, 3.8) is 0 Å². The fourth-order valence-electron chi connectivity index (χ4n) is 3.06. The van der Waals surface area contributed by atoms with Gasteiger partial charge < -0.3 is 4.74 Å². The standard InChI is InChI=1S/C20H24O3S2/c1-14-10-12-16(13-11-14)17(19(21)23-2)18(20(24-3)25(4)22)15-8-6-5-7-9-15/h5-13,17-18,20H,1-4H3. The molecule has 0 heterocycles. The highest BCUT2D eigenvalue weighted by Crippen LogP contribution is 2.41. The molecule has 0 aromatic heterocycles. The Morgan fingerprint density at radius 1 is 1.04 bits per heavy atom. The predicted molar refractivity (Wildman–Crippen MR) is 106 cm³/mol. The Bertz CT molecular complexity index is 713. The van der Waals surface area contributed by atoms with Gasteiger partial charge >= 0.3 is 5.97 Å². The van der Waals surface area contributed by atoms with Gasteiger partial charge in [0.2, 0.25) is 0 Å². The Morgan fingerprint density at radius 2 is 1.64 bits per heavy atom. The number of carbonyl (C=O) groups excluding carboxylic acids is 1. The fourth-order valence-corrected chi connectivity index (χ4v) is 5.48. The van der Waals surface area contributed by atoms with Gasteiger partial charge in [0.05, 0.1) is 17.6 Å². The maximum atomic E-state index is 12.7. The van der Waals surface area contributed by atoms with Crippen LogP contribution in [-0.2, 0) is 20.3 Å². The van der Waals surface area contributed by atoms with E-state index in [2.05, 4.69) is 0 Å². The molecule has 4 unspecified atom stereocenters. The van der Waals surface area contributed by atoms with Gasteiger partial charge in [0.25, 0.3) is 0 Å². The van der Waals surface area contributed by atoms with Crippen LogP contribution in [0, 0.1) is 6.92 Å². The lowest BCUT2D eigenvalue weighted by Crippen LogP contribution is -2.31. The molecule has 0 saturated heterocycles. The van der Waals surface area contributed by atoms with Crippen LogP contribution in [0.5, 0.6) is 0 Å². The second-order valence-electron chi connectivity index (χ2n) is 5.95. The zero-order valence-electron chi connectivity index (χ0n) is 15.0. The van der Waals surface area contributed by atoms with Crippen molar-refractivity contribution in [2.75, 3.05) is 19.6 Å². The van der Waals surface area contributed by atoms with E-state index >= 15 is 0 Å². The molecule has 0 bridgehead atoms. The molecule has 5 heteroatoms. The molecular weight excluding hydrogens is 352 g/mol. The third-order valence-electron chi connectivity index (χ3n) is 4.29. The minimum Gasteiger partial charge on any atom is -0.469 e. The van der Waals surface area contributed by atoms with Gasteiger partial charge in [0, 0.05) is 23.0 Å². The summed E-state index contributed by atoms with van der Waals surface area (Å²) < 4.78 is 17.3. The molecule has 0 amide bonds. The molecule has 2 rings (SSSR count). The molecule has 2 aromatic carbocycles. The Morgan fingerprint density at radius 3 is 2.12 bits per heavy atom. The number of methoxy groups -OCH3 is 1. The Hall–Kier alpha value is -1.59. The quantitative estimate of drug-likeness (QED) is 0.682. The maximum absolute atomic E-state index is 12.7. The van der Waals surface area contributed by atoms with Crippen molar-refractivity contribution in [2.45, 2.75) is 23.3 Å². The zero-order chi connectivity index (χ0) is 18.4. The number of carbonyl (C=O) groups is 1. The van der Waals surface area contributed by atoms with Crippen LogP contribution in [0.25, 0.3) is 0 Å². The first kappa shape index (κ1) is 19.7. The van der Waals surface area contributed by atoms with Crippen molar-refractivity contribution in [1.29, 1.82) is 0 Å². The van der Waals surface area contributed by atoms with E-state index in [0.29, 0.717) is 0 Å². The summed E-state index contributed by atoms with van der Waals surface area (Å²) >= 11 is 1.53. The monoisotopic (exact) mass is 376 g/mol. The molecular formula is C20H24O3S2. The normalized spacial score (nSPS) is 15.8. The third kappa shape index (κ3) is 4.73. The summed E-state index contributed by atoms with van der Waals surface area (Å²) in [5.41, 5.74) is 3.01. The maximum Gasteiger partial charge on any atom is 0.313 e. The molecule has 0 N–H and O–H groups in total. The molecule has 0 saturated carbocycles. The number of benzene rings is 2. The molecule has 2 aromatic rings. The summed E-state index contributed by atoms with van der Waals surface area (Å²) in [5.74, 6) is -1.05. The number of thioether (sulfide) groups is 1. The van der Waals surface area contributed by atoms with Crippen LogP contribution in [-0.4, -0.2) is 34.4 Å². The summed E-state index contributed by atoms with van der Waals surface area (Å²) in [6.45, 7) is 2.01. The van der Waals surface area contributed by atoms with Gasteiger partial charge in [-0.15, -0.1) is 11.8 Å². The molecule has 0 radical (unpaired) electrons. The lowest BCUT2D eigenvalue weighted by molar-refractivity contribution is -0.143. The second kappa shape index (κ2) is 9.20. The van der Waals surface area contributed by atoms with Crippen molar-refractivity contribution >= 4 is 28.5 Å². The van der Waals surface area contributed by atoms with Crippen molar-refractivity contribution in [1.82, 2.24) is 0 Å². The van der Waals surface area contributed by atoms with Crippen LogP contribution in [0.2, 0.25) is 0 Å². The molecule has 0 fully saturated rings. The lowest BCUT2D eigenvalue weighted by atomic mass is 9.82. The van der Waals surface area contributed by atoms with Gasteiger partial charge in [-0.2, -0.15) is 0 Å². The van der Waals surface area contributed by atoms with Gasteiger partial charge in [-0.3, -0.25) is 9.00 Å². The largest absolute Gasteiger partial charge is 0.469 e. The smallest absolute Gasteiger partial charge is 0.313 e. The van der Waals surface area contributed by atoms with Gasteiger partial charge in [0.1, 0.15) is 0 Å². The van der Waals surface area contributed by atoms with E-state index in [4.69, 9.17) is 4.74 Å². The van der Waals surface area contributed by atoms with E-state index in [9.17, 15) is 9.00 Å². The molecule has 134 valence electrons. The molecule has 25 heavy (non-hydrogen) atoms. The van der Waals surface area contributed by atoms with Crippen molar-refractivity contribution in [2.24, 2.45) is 0 Å². The van der Waals surface area contributed by atoms with E-state index in [1.807, 2.05) is 67.8 Å².